The number of carboxylic acids is 1. The summed E-state index contributed by atoms with van der Waals surface area (Å²) in [6.07, 6.45) is 9.49. The summed E-state index contributed by atoms with van der Waals surface area (Å²) in [5, 5.41) is 13.3. The Morgan fingerprint density at radius 3 is 2.76 bits per heavy atom. The predicted molar refractivity (Wildman–Crippen MR) is 136 cm³/mol. The molecule has 10 nitrogen and oxygen atoms in total. The number of carboxylic acid groups (broad SMARTS) is 1. The summed E-state index contributed by atoms with van der Waals surface area (Å²) < 4.78 is 1.62. The number of hydrogen-bond donors (Lipinski definition) is 2. The van der Waals surface area contributed by atoms with Crippen molar-refractivity contribution in [2.75, 3.05) is 13.2 Å². The zero-order chi connectivity index (χ0) is 25.9. The number of para-hydroxylation sites is 2. The molecule has 7 rings (SSSR count). The Hall–Kier alpha value is -3.69. The topological polar surface area (TPSA) is 140 Å². The van der Waals surface area contributed by atoms with Gasteiger partial charge in [-0.05, 0) is 86.6 Å². The van der Waals surface area contributed by atoms with Crippen molar-refractivity contribution in [2.45, 2.75) is 57.5 Å². The number of fused-ring (bicyclic) bond motifs is 1. The van der Waals surface area contributed by atoms with Gasteiger partial charge in [-0.1, -0.05) is 17.3 Å². The number of allylic oxidation sites excluding steroid dienone is 1. The molecule has 4 saturated carbocycles. The monoisotopic (exact) mass is 505 g/mol. The second-order valence-electron chi connectivity index (χ2n) is 10.9. The van der Waals surface area contributed by atoms with Crippen molar-refractivity contribution in [2.24, 2.45) is 28.1 Å². The molecule has 1 aromatic carbocycles. The normalized spacial score (nSPS) is 26.0. The first-order valence-electron chi connectivity index (χ1n) is 13.0. The van der Waals surface area contributed by atoms with Crippen molar-refractivity contribution in [3.8, 4) is 0 Å². The number of carbonyl (C=O) groups is 2. The smallest absolute Gasteiger partial charge is 0.360 e. The maximum atomic E-state index is 13.7. The maximum absolute atomic E-state index is 13.7. The van der Waals surface area contributed by atoms with Crippen molar-refractivity contribution in [3.05, 3.63) is 52.1 Å². The van der Waals surface area contributed by atoms with Gasteiger partial charge in [0, 0.05) is 18.6 Å². The van der Waals surface area contributed by atoms with Gasteiger partial charge in [0.1, 0.15) is 0 Å². The summed E-state index contributed by atoms with van der Waals surface area (Å²) in [5.74, 6) is -0.690. The first-order valence-corrected chi connectivity index (χ1v) is 13.0. The Labute approximate surface area is 213 Å². The lowest BCUT2D eigenvalue weighted by Crippen LogP contribution is -2.55. The third-order valence-corrected chi connectivity index (χ3v) is 8.87. The Balaban J connectivity index is 1.30. The van der Waals surface area contributed by atoms with Crippen LogP contribution in [0.4, 0.5) is 0 Å². The minimum absolute atomic E-state index is 0.213. The van der Waals surface area contributed by atoms with Crippen LogP contribution in [0, 0.1) is 17.3 Å². The van der Waals surface area contributed by atoms with E-state index in [0.717, 1.165) is 37.6 Å². The first-order chi connectivity index (χ1) is 17.8. The molecule has 3 N–H and O–H groups in total. The lowest BCUT2D eigenvalue weighted by atomic mass is 9.42. The molecule has 2 heterocycles. The third-order valence-electron chi connectivity index (χ3n) is 8.87. The number of amides is 1. The van der Waals surface area contributed by atoms with Gasteiger partial charge >= 0.3 is 5.97 Å². The van der Waals surface area contributed by atoms with Crippen LogP contribution >= 0.6 is 0 Å². The highest BCUT2D eigenvalue weighted by molar-refractivity contribution is 6.41. The Kier molecular flexibility index (Phi) is 5.58. The van der Waals surface area contributed by atoms with Crippen LogP contribution in [0.2, 0.25) is 0 Å². The summed E-state index contributed by atoms with van der Waals surface area (Å²) in [4.78, 5) is 48.2. The van der Waals surface area contributed by atoms with Crippen LogP contribution in [0.15, 0.2) is 46.0 Å². The van der Waals surface area contributed by atoms with Crippen molar-refractivity contribution >= 4 is 28.6 Å². The SMILES string of the molecule is C[C@@H](C[C@@H]1CCCN1C=C1C2CC1C21CC1)n1c(=O)c(/C(=N/OCC(N)=O)C(=O)O)nc2ccccc21. The van der Waals surface area contributed by atoms with E-state index in [9.17, 15) is 19.5 Å². The number of aliphatic carboxylic acids is 1. The number of primary amides is 1. The number of hydrogen-bond acceptors (Lipinski definition) is 7. The summed E-state index contributed by atoms with van der Waals surface area (Å²) in [7, 11) is 0. The van der Waals surface area contributed by atoms with Crippen molar-refractivity contribution in [1.82, 2.24) is 14.5 Å². The molecular formula is C27H31N5O5. The quantitative estimate of drug-likeness (QED) is 0.394. The lowest BCUT2D eigenvalue weighted by Gasteiger charge is -2.62. The van der Waals surface area contributed by atoms with Gasteiger partial charge in [0.05, 0.1) is 11.0 Å². The van der Waals surface area contributed by atoms with Crippen LogP contribution < -0.4 is 11.3 Å². The highest BCUT2D eigenvalue weighted by Crippen LogP contribution is 2.82. The fraction of sp³-hybridized carbons (Fsp3) is 0.519. The second-order valence-corrected chi connectivity index (χ2v) is 10.9. The fourth-order valence-corrected chi connectivity index (χ4v) is 6.79. The van der Waals surface area contributed by atoms with Gasteiger partial charge in [0.2, 0.25) is 5.71 Å². The zero-order valence-electron chi connectivity index (χ0n) is 20.8. The summed E-state index contributed by atoms with van der Waals surface area (Å²) >= 11 is 0. The third kappa shape index (κ3) is 3.81. The predicted octanol–water partition coefficient (Wildman–Crippen LogP) is 2.42. The number of nitrogens with two attached hydrogens (primary N) is 1. The molecule has 4 atom stereocenters. The Morgan fingerprint density at radius 2 is 2.08 bits per heavy atom. The van der Waals surface area contributed by atoms with E-state index < -0.39 is 29.8 Å². The molecule has 10 heteroatoms. The number of carbonyl (C=O) groups excluding carboxylic acids is 1. The van der Waals surface area contributed by atoms with Crippen molar-refractivity contribution < 1.29 is 19.5 Å². The van der Waals surface area contributed by atoms with E-state index in [1.54, 1.807) is 22.3 Å². The molecule has 194 valence electrons. The number of oxime groups is 1. The average molecular weight is 506 g/mol. The van der Waals surface area contributed by atoms with E-state index in [-0.39, 0.29) is 11.7 Å². The minimum Gasteiger partial charge on any atom is -0.476 e. The van der Waals surface area contributed by atoms with Gasteiger partial charge < -0.3 is 25.1 Å². The summed E-state index contributed by atoms with van der Waals surface area (Å²) in [6, 6.07) is 7.25. The van der Waals surface area contributed by atoms with Crippen LogP contribution in [-0.2, 0) is 14.4 Å². The number of benzene rings is 1. The number of aromatic nitrogens is 2. The molecule has 1 aliphatic heterocycles. The van der Waals surface area contributed by atoms with Gasteiger partial charge in [0.25, 0.3) is 11.5 Å². The van der Waals surface area contributed by atoms with Gasteiger partial charge in [0.15, 0.2) is 12.3 Å². The fourth-order valence-electron chi connectivity index (χ4n) is 6.79. The molecule has 37 heavy (non-hydrogen) atoms. The van der Waals surface area contributed by atoms with Crippen LogP contribution in [0.1, 0.15) is 57.2 Å². The van der Waals surface area contributed by atoms with Gasteiger partial charge in [-0.25, -0.2) is 9.78 Å². The minimum atomic E-state index is -1.48. The van der Waals surface area contributed by atoms with E-state index in [0.29, 0.717) is 22.5 Å². The second kappa shape index (κ2) is 8.71. The summed E-state index contributed by atoms with van der Waals surface area (Å²) in [6.45, 7) is 2.41. The largest absolute Gasteiger partial charge is 0.476 e. The average Bonchev–Trinajstić information content (AvgIpc) is 3.57. The molecule has 1 spiro atoms. The Morgan fingerprint density at radius 1 is 1.32 bits per heavy atom. The van der Waals surface area contributed by atoms with Crippen LogP contribution in [0.25, 0.3) is 11.0 Å². The van der Waals surface area contributed by atoms with Gasteiger partial charge in [-0.15, -0.1) is 0 Å². The number of likely N-dealkylation sites (tertiary alicyclic amines) is 1. The first kappa shape index (κ1) is 23.7. The van der Waals surface area contributed by atoms with Crippen LogP contribution in [0.5, 0.6) is 0 Å². The van der Waals surface area contributed by atoms with Gasteiger partial charge in [-0.3, -0.25) is 9.59 Å². The van der Waals surface area contributed by atoms with E-state index in [1.165, 1.54) is 19.3 Å². The molecule has 0 radical (unpaired) electrons. The molecule has 2 bridgehead atoms. The van der Waals surface area contributed by atoms with E-state index >= 15 is 0 Å². The van der Waals surface area contributed by atoms with Crippen LogP contribution in [-0.4, -0.2) is 56.3 Å². The Bertz CT molecular complexity index is 1390. The van der Waals surface area contributed by atoms with E-state index in [4.69, 9.17) is 10.6 Å². The highest BCUT2D eigenvalue weighted by Gasteiger charge is 2.73. The molecule has 2 unspecified atom stereocenters. The number of nitrogens with zero attached hydrogens (tertiary/aromatic N) is 4. The molecule has 1 amide bonds. The molecule has 2 aromatic rings. The maximum Gasteiger partial charge on any atom is 0.360 e. The molecule has 1 aromatic heterocycles. The zero-order valence-corrected chi connectivity index (χ0v) is 20.8. The van der Waals surface area contributed by atoms with Gasteiger partial charge in [-0.2, -0.15) is 0 Å². The highest BCUT2D eigenvalue weighted by atomic mass is 16.6. The number of rotatable bonds is 9. The molecule has 5 aliphatic rings. The van der Waals surface area contributed by atoms with E-state index in [2.05, 4.69) is 21.2 Å². The van der Waals surface area contributed by atoms with Crippen molar-refractivity contribution in [3.63, 3.8) is 0 Å². The molecule has 4 aliphatic carbocycles. The standard InChI is InChI=1S/C27H31N5O5/c1-15(11-16-5-4-10-31(16)13-17-18-12-19(17)27(18)8-9-27)32-21-7-3-2-6-20(21)29-23(25(32)34)24(26(35)36)30-37-14-22(28)33/h2-3,6-7,13,15-16,18-19H,4-5,8-12,14H2,1H3,(H2,28,33)(H,35,36)/b17-13?,30-24-/t15-,16-,18?,19?/m0/s1. The summed E-state index contributed by atoms with van der Waals surface area (Å²) in [5.41, 5.74) is 6.90. The molecule has 5 fully saturated rings. The van der Waals surface area contributed by atoms with E-state index in [1.807, 2.05) is 19.1 Å². The molecular weight excluding hydrogens is 474 g/mol. The van der Waals surface area contributed by atoms with Crippen molar-refractivity contribution in [1.29, 1.82) is 0 Å². The van der Waals surface area contributed by atoms with Crippen LogP contribution in [0.3, 0.4) is 0 Å². The molecule has 1 saturated heterocycles. The lowest BCUT2D eigenvalue weighted by molar-refractivity contribution is -0.130.